The fourth-order valence-electron chi connectivity index (χ4n) is 2.95. The van der Waals surface area contributed by atoms with Gasteiger partial charge in [0.05, 0.1) is 17.5 Å². The number of amides is 2. The Morgan fingerprint density at radius 3 is 2.76 bits per heavy atom. The zero-order chi connectivity index (χ0) is 17.9. The number of rotatable bonds is 4. The number of benzene rings is 1. The molecule has 2 fully saturated rings. The Morgan fingerprint density at radius 1 is 1.24 bits per heavy atom. The van der Waals surface area contributed by atoms with Crippen LogP contribution in [0, 0.1) is 0 Å². The third-order valence-corrected chi connectivity index (χ3v) is 6.08. The molecule has 1 aromatic carbocycles. The molecular weight excluding hydrogens is 346 g/mol. The van der Waals surface area contributed by atoms with Crippen LogP contribution in [0.25, 0.3) is 0 Å². The summed E-state index contributed by atoms with van der Waals surface area (Å²) in [5.41, 5.74) is 0.854. The van der Waals surface area contributed by atoms with E-state index >= 15 is 0 Å². The summed E-state index contributed by atoms with van der Waals surface area (Å²) >= 11 is 0. The van der Waals surface area contributed by atoms with Crippen LogP contribution in [0.3, 0.4) is 0 Å². The van der Waals surface area contributed by atoms with Crippen LogP contribution >= 0.6 is 0 Å². The molecule has 2 heterocycles. The fraction of sp³-hybridized carbons (Fsp3) is 0.500. The van der Waals surface area contributed by atoms with Crippen molar-refractivity contribution in [2.75, 3.05) is 35.1 Å². The van der Waals surface area contributed by atoms with Crippen molar-refractivity contribution in [2.24, 2.45) is 0 Å². The summed E-state index contributed by atoms with van der Waals surface area (Å²) in [7, 11) is -3.29. The Kier molecular flexibility index (Phi) is 5.24. The van der Waals surface area contributed by atoms with E-state index < -0.39 is 21.8 Å². The number of sulfonamides is 1. The number of nitrogens with zero attached hydrogens (tertiary/aromatic N) is 1. The molecule has 0 saturated carbocycles. The number of hydrogen-bond acceptors (Lipinski definition) is 5. The molecule has 2 N–H and O–H groups in total. The van der Waals surface area contributed by atoms with Gasteiger partial charge in [0.15, 0.2) is 0 Å². The first-order valence-corrected chi connectivity index (χ1v) is 9.88. The molecule has 2 aliphatic heterocycles. The summed E-state index contributed by atoms with van der Waals surface area (Å²) in [5.74, 6) is -1.41. The second-order valence-corrected chi connectivity index (χ2v) is 8.10. The number of ether oxygens (including phenoxy) is 1. The summed E-state index contributed by atoms with van der Waals surface area (Å²) in [5, 5.41) is 5.04. The Morgan fingerprint density at radius 2 is 2.08 bits per heavy atom. The van der Waals surface area contributed by atoms with Crippen molar-refractivity contribution in [3.63, 3.8) is 0 Å². The second-order valence-electron chi connectivity index (χ2n) is 6.09. The van der Waals surface area contributed by atoms with Gasteiger partial charge >= 0.3 is 11.8 Å². The molecule has 136 valence electrons. The van der Waals surface area contributed by atoms with Crippen molar-refractivity contribution in [3.8, 4) is 0 Å². The Bertz CT molecular complexity index is 759. The minimum Gasteiger partial charge on any atom is -0.376 e. The van der Waals surface area contributed by atoms with Crippen LogP contribution in [0.1, 0.15) is 19.3 Å². The maximum atomic E-state index is 12.0. The molecule has 9 heteroatoms. The van der Waals surface area contributed by atoms with Crippen LogP contribution in [0.2, 0.25) is 0 Å². The van der Waals surface area contributed by atoms with Gasteiger partial charge in [0.25, 0.3) is 0 Å². The molecule has 0 aromatic heterocycles. The van der Waals surface area contributed by atoms with Gasteiger partial charge in [-0.1, -0.05) is 6.07 Å². The first-order chi connectivity index (χ1) is 12.0. The fourth-order valence-corrected chi connectivity index (χ4v) is 4.50. The van der Waals surface area contributed by atoms with E-state index in [1.807, 2.05) is 0 Å². The van der Waals surface area contributed by atoms with E-state index in [0.717, 1.165) is 12.8 Å². The monoisotopic (exact) mass is 367 g/mol. The minimum atomic E-state index is -3.29. The lowest BCUT2D eigenvalue weighted by Crippen LogP contribution is -2.39. The van der Waals surface area contributed by atoms with Gasteiger partial charge in [-0.3, -0.25) is 13.9 Å². The Balaban J connectivity index is 1.59. The predicted molar refractivity (Wildman–Crippen MR) is 92.8 cm³/mol. The number of nitrogens with one attached hydrogen (secondary N) is 2. The van der Waals surface area contributed by atoms with Gasteiger partial charge in [-0.15, -0.1) is 0 Å². The van der Waals surface area contributed by atoms with Crippen LogP contribution in [-0.4, -0.2) is 51.8 Å². The highest BCUT2D eigenvalue weighted by Gasteiger charge is 2.28. The summed E-state index contributed by atoms with van der Waals surface area (Å²) in [6.45, 7) is 1.40. The summed E-state index contributed by atoms with van der Waals surface area (Å²) in [6, 6.07) is 6.46. The smallest absolute Gasteiger partial charge is 0.313 e. The largest absolute Gasteiger partial charge is 0.376 e. The lowest BCUT2D eigenvalue weighted by Gasteiger charge is -2.17. The van der Waals surface area contributed by atoms with Crippen molar-refractivity contribution in [1.29, 1.82) is 0 Å². The van der Waals surface area contributed by atoms with Crippen molar-refractivity contribution in [3.05, 3.63) is 24.3 Å². The molecule has 2 amide bonds. The first kappa shape index (κ1) is 17.7. The number of carbonyl (C=O) groups is 2. The molecule has 1 aromatic rings. The molecule has 0 bridgehead atoms. The standard InChI is InChI=1S/C16H21N3O5S/c20-15(17-11-14-6-2-8-24-14)16(21)18-12-4-1-5-13(10-12)19-7-3-9-25(19,22)23/h1,4-5,10,14H,2-3,6-9,11H2,(H,17,20)(H,18,21). The molecule has 0 aliphatic carbocycles. The number of hydrogen-bond donors (Lipinski definition) is 2. The lowest BCUT2D eigenvalue weighted by atomic mass is 10.2. The molecule has 2 saturated heterocycles. The van der Waals surface area contributed by atoms with Crippen LogP contribution < -0.4 is 14.9 Å². The zero-order valence-electron chi connectivity index (χ0n) is 13.7. The van der Waals surface area contributed by atoms with Gasteiger partial charge in [0.1, 0.15) is 0 Å². The zero-order valence-corrected chi connectivity index (χ0v) is 14.5. The SMILES string of the molecule is O=C(NCC1CCCO1)C(=O)Nc1cccc(N2CCCS2(=O)=O)c1. The van der Waals surface area contributed by atoms with Crippen LogP contribution in [-0.2, 0) is 24.3 Å². The van der Waals surface area contributed by atoms with E-state index in [2.05, 4.69) is 10.6 Å². The normalized spacial score (nSPS) is 21.9. The van der Waals surface area contributed by atoms with Gasteiger partial charge in [-0.25, -0.2) is 8.42 Å². The average Bonchev–Trinajstić information content (AvgIpc) is 3.21. The van der Waals surface area contributed by atoms with E-state index in [0.29, 0.717) is 37.5 Å². The molecular formula is C16H21N3O5S. The molecule has 0 radical (unpaired) electrons. The number of carbonyl (C=O) groups excluding carboxylic acids is 2. The molecule has 2 aliphatic rings. The van der Waals surface area contributed by atoms with Crippen LogP contribution in [0.4, 0.5) is 11.4 Å². The second kappa shape index (κ2) is 7.40. The van der Waals surface area contributed by atoms with Gasteiger partial charge in [0.2, 0.25) is 10.0 Å². The molecule has 0 spiro atoms. The molecule has 3 rings (SSSR count). The average molecular weight is 367 g/mol. The maximum absolute atomic E-state index is 12.0. The van der Waals surface area contributed by atoms with Crippen molar-refractivity contribution < 1.29 is 22.7 Å². The van der Waals surface area contributed by atoms with Gasteiger partial charge in [-0.05, 0) is 37.5 Å². The van der Waals surface area contributed by atoms with E-state index in [4.69, 9.17) is 4.74 Å². The summed E-state index contributed by atoms with van der Waals surface area (Å²) in [4.78, 5) is 23.8. The topological polar surface area (TPSA) is 105 Å². The van der Waals surface area contributed by atoms with Crippen LogP contribution in [0.5, 0.6) is 0 Å². The molecule has 8 nitrogen and oxygen atoms in total. The maximum Gasteiger partial charge on any atom is 0.313 e. The third kappa shape index (κ3) is 4.29. The van der Waals surface area contributed by atoms with E-state index in [1.165, 1.54) is 4.31 Å². The number of anilines is 2. The third-order valence-electron chi connectivity index (χ3n) is 4.21. The molecule has 1 atom stereocenters. The quantitative estimate of drug-likeness (QED) is 0.753. The lowest BCUT2D eigenvalue weighted by molar-refractivity contribution is -0.136. The molecule has 25 heavy (non-hydrogen) atoms. The summed E-state index contributed by atoms with van der Waals surface area (Å²) < 4.78 is 30.7. The highest BCUT2D eigenvalue weighted by atomic mass is 32.2. The van der Waals surface area contributed by atoms with Gasteiger partial charge in [-0.2, -0.15) is 0 Å². The highest BCUT2D eigenvalue weighted by Crippen LogP contribution is 2.26. The Hall–Kier alpha value is -2.13. The Labute approximate surface area is 146 Å². The molecule has 1 unspecified atom stereocenters. The van der Waals surface area contributed by atoms with Gasteiger partial charge in [0, 0.05) is 25.4 Å². The first-order valence-electron chi connectivity index (χ1n) is 8.27. The van der Waals surface area contributed by atoms with E-state index in [-0.39, 0.29) is 11.9 Å². The van der Waals surface area contributed by atoms with E-state index in [1.54, 1.807) is 24.3 Å². The predicted octanol–water partition coefficient (Wildman–Crippen LogP) is 0.460. The van der Waals surface area contributed by atoms with Crippen molar-refractivity contribution in [2.45, 2.75) is 25.4 Å². The van der Waals surface area contributed by atoms with Crippen molar-refractivity contribution >= 4 is 33.2 Å². The van der Waals surface area contributed by atoms with Gasteiger partial charge < -0.3 is 15.4 Å². The van der Waals surface area contributed by atoms with E-state index in [9.17, 15) is 18.0 Å². The van der Waals surface area contributed by atoms with Crippen LogP contribution in [0.15, 0.2) is 24.3 Å². The summed E-state index contributed by atoms with van der Waals surface area (Å²) in [6.07, 6.45) is 2.36. The van der Waals surface area contributed by atoms with Crippen molar-refractivity contribution in [1.82, 2.24) is 5.32 Å². The highest BCUT2D eigenvalue weighted by molar-refractivity contribution is 7.93. The minimum absolute atomic E-state index is 0.0412.